The van der Waals surface area contributed by atoms with Gasteiger partial charge in [-0.25, -0.2) is 13.2 Å². The maximum absolute atomic E-state index is 13.0. The molecule has 1 aromatic carbocycles. The zero-order valence-corrected chi connectivity index (χ0v) is 18.0. The lowest BCUT2D eigenvalue weighted by atomic mass is 9.95. The highest BCUT2D eigenvalue weighted by Crippen LogP contribution is 2.39. The second kappa shape index (κ2) is 8.42. The Morgan fingerprint density at radius 1 is 1.14 bits per heavy atom. The lowest BCUT2D eigenvalue weighted by molar-refractivity contribution is 0.0601. The Balaban J connectivity index is 2.03. The third-order valence-corrected chi connectivity index (χ3v) is 7.42. The number of thiophene rings is 1. The van der Waals surface area contributed by atoms with Gasteiger partial charge in [0.2, 0.25) is 0 Å². The number of sulfonamides is 1. The number of benzene rings is 1. The minimum absolute atomic E-state index is 0.0940. The number of ether oxygens (including phenoxy) is 2. The SMILES string of the molecule is CNC(=O)c1cc(S(=O)(=O)Nc2sc3c(c2C(=O)OC)CCCC3)ccc1OC. The third kappa shape index (κ3) is 4.08. The van der Waals surface area contributed by atoms with Crippen LogP contribution in [0.15, 0.2) is 23.1 Å². The molecule has 1 aromatic heterocycles. The van der Waals surface area contributed by atoms with Crippen molar-refractivity contribution in [3.05, 3.63) is 39.8 Å². The molecule has 0 saturated carbocycles. The summed E-state index contributed by atoms with van der Waals surface area (Å²) in [6.45, 7) is 0. The van der Waals surface area contributed by atoms with Crippen LogP contribution in [0, 0.1) is 0 Å². The average Bonchev–Trinajstić information content (AvgIpc) is 3.09. The fourth-order valence-corrected chi connectivity index (χ4v) is 5.91. The number of anilines is 1. The zero-order chi connectivity index (χ0) is 21.2. The molecule has 2 aromatic rings. The molecule has 1 aliphatic rings. The fourth-order valence-electron chi connectivity index (χ4n) is 3.30. The van der Waals surface area contributed by atoms with Gasteiger partial charge in [-0.3, -0.25) is 9.52 Å². The van der Waals surface area contributed by atoms with E-state index in [1.54, 1.807) is 0 Å². The number of aryl methyl sites for hydroxylation is 1. The number of methoxy groups -OCH3 is 2. The van der Waals surface area contributed by atoms with Crippen molar-refractivity contribution in [2.24, 2.45) is 0 Å². The zero-order valence-electron chi connectivity index (χ0n) is 16.3. The minimum atomic E-state index is -4.05. The van der Waals surface area contributed by atoms with Crippen LogP contribution < -0.4 is 14.8 Å². The lowest BCUT2D eigenvalue weighted by Crippen LogP contribution is -2.20. The molecule has 0 spiro atoms. The Labute approximate surface area is 173 Å². The highest BCUT2D eigenvalue weighted by molar-refractivity contribution is 7.93. The van der Waals surface area contributed by atoms with Crippen LogP contribution in [0.5, 0.6) is 5.75 Å². The molecule has 0 aliphatic heterocycles. The van der Waals surface area contributed by atoms with Crippen LogP contribution in [0.4, 0.5) is 5.00 Å². The van der Waals surface area contributed by atoms with E-state index in [-0.39, 0.29) is 26.8 Å². The predicted molar refractivity (Wildman–Crippen MR) is 109 cm³/mol. The van der Waals surface area contributed by atoms with E-state index in [0.29, 0.717) is 6.42 Å². The largest absolute Gasteiger partial charge is 0.496 e. The minimum Gasteiger partial charge on any atom is -0.496 e. The van der Waals surface area contributed by atoms with Crippen molar-refractivity contribution in [1.29, 1.82) is 0 Å². The lowest BCUT2D eigenvalue weighted by Gasteiger charge is -2.13. The Morgan fingerprint density at radius 3 is 2.52 bits per heavy atom. The molecule has 29 heavy (non-hydrogen) atoms. The van der Waals surface area contributed by atoms with E-state index < -0.39 is 21.9 Å². The molecule has 10 heteroatoms. The highest BCUT2D eigenvalue weighted by Gasteiger charge is 2.29. The molecule has 1 heterocycles. The molecule has 2 N–H and O–H groups in total. The molecule has 156 valence electrons. The van der Waals surface area contributed by atoms with Crippen molar-refractivity contribution >= 4 is 38.2 Å². The van der Waals surface area contributed by atoms with Gasteiger partial charge < -0.3 is 14.8 Å². The number of esters is 1. The van der Waals surface area contributed by atoms with Crippen molar-refractivity contribution < 1.29 is 27.5 Å². The Hall–Kier alpha value is -2.59. The number of hydrogen-bond acceptors (Lipinski definition) is 7. The monoisotopic (exact) mass is 438 g/mol. The molecule has 0 unspecified atom stereocenters. The quantitative estimate of drug-likeness (QED) is 0.671. The second-order valence-corrected chi connectivity index (χ2v) is 9.24. The Bertz CT molecular complexity index is 1060. The normalized spacial score (nSPS) is 13.3. The van der Waals surface area contributed by atoms with Crippen molar-refractivity contribution in [2.45, 2.75) is 30.6 Å². The van der Waals surface area contributed by atoms with E-state index in [9.17, 15) is 18.0 Å². The molecule has 3 rings (SSSR count). The first-order valence-electron chi connectivity index (χ1n) is 8.98. The molecule has 1 aliphatic carbocycles. The van der Waals surface area contributed by atoms with Gasteiger partial charge in [0.15, 0.2) is 0 Å². The van der Waals surface area contributed by atoms with E-state index in [1.165, 1.54) is 50.8 Å². The van der Waals surface area contributed by atoms with Gasteiger partial charge in [0.05, 0.1) is 30.2 Å². The average molecular weight is 439 g/mol. The molecule has 0 atom stereocenters. The van der Waals surface area contributed by atoms with E-state index in [1.807, 2.05) is 0 Å². The summed E-state index contributed by atoms with van der Waals surface area (Å²) in [6, 6.07) is 4.00. The first-order valence-corrected chi connectivity index (χ1v) is 11.3. The number of rotatable bonds is 6. The summed E-state index contributed by atoms with van der Waals surface area (Å²) in [6.07, 6.45) is 3.44. The van der Waals surface area contributed by atoms with Crippen LogP contribution in [0.1, 0.15) is 44.0 Å². The summed E-state index contributed by atoms with van der Waals surface area (Å²) in [7, 11) is 0.0616. The van der Waals surface area contributed by atoms with Gasteiger partial charge in [-0.2, -0.15) is 0 Å². The van der Waals surface area contributed by atoms with E-state index in [2.05, 4.69) is 10.0 Å². The topological polar surface area (TPSA) is 111 Å². The molecular weight excluding hydrogens is 416 g/mol. The molecule has 0 fully saturated rings. The first-order chi connectivity index (χ1) is 13.8. The van der Waals surface area contributed by atoms with Crippen molar-refractivity contribution in [3.8, 4) is 5.75 Å². The smallest absolute Gasteiger partial charge is 0.341 e. The summed E-state index contributed by atoms with van der Waals surface area (Å²) in [5, 5.41) is 2.69. The standard InChI is InChI=1S/C19H22N2O6S2/c1-20-17(22)13-10-11(8-9-14(13)26-2)29(24,25)21-18-16(19(23)27-3)12-6-4-5-7-15(12)28-18/h8-10,21H,4-7H2,1-3H3,(H,20,22). The Morgan fingerprint density at radius 2 is 1.86 bits per heavy atom. The Kier molecular flexibility index (Phi) is 6.13. The van der Waals surface area contributed by atoms with Gasteiger partial charge >= 0.3 is 5.97 Å². The number of amides is 1. The number of carbonyl (C=O) groups excluding carboxylic acids is 2. The summed E-state index contributed by atoms with van der Waals surface area (Å²) in [5.41, 5.74) is 1.22. The van der Waals surface area contributed by atoms with Crippen LogP contribution in [0.3, 0.4) is 0 Å². The molecular formula is C19H22N2O6S2. The van der Waals surface area contributed by atoms with Crippen LogP contribution in [0.2, 0.25) is 0 Å². The summed E-state index contributed by atoms with van der Waals surface area (Å²) in [5.74, 6) is -0.784. The molecule has 0 bridgehead atoms. The number of carbonyl (C=O) groups is 2. The van der Waals surface area contributed by atoms with Gasteiger partial charge in [-0.15, -0.1) is 11.3 Å². The van der Waals surface area contributed by atoms with Crippen molar-refractivity contribution in [2.75, 3.05) is 26.0 Å². The van der Waals surface area contributed by atoms with Crippen LogP contribution >= 0.6 is 11.3 Å². The first kappa shape index (κ1) is 21.1. The maximum atomic E-state index is 13.0. The van der Waals surface area contributed by atoms with E-state index in [4.69, 9.17) is 9.47 Å². The van der Waals surface area contributed by atoms with Gasteiger partial charge in [0.25, 0.3) is 15.9 Å². The highest BCUT2D eigenvalue weighted by atomic mass is 32.2. The summed E-state index contributed by atoms with van der Waals surface area (Å²) < 4.78 is 38.6. The van der Waals surface area contributed by atoms with Gasteiger partial charge in [-0.05, 0) is 49.4 Å². The molecule has 0 radical (unpaired) electrons. The van der Waals surface area contributed by atoms with Crippen molar-refractivity contribution in [3.63, 3.8) is 0 Å². The second-order valence-electron chi connectivity index (χ2n) is 6.45. The number of fused-ring (bicyclic) bond motifs is 1. The molecule has 8 nitrogen and oxygen atoms in total. The van der Waals surface area contributed by atoms with Gasteiger partial charge in [-0.1, -0.05) is 0 Å². The summed E-state index contributed by atoms with van der Waals surface area (Å²) >= 11 is 1.25. The van der Waals surface area contributed by atoms with E-state index >= 15 is 0 Å². The predicted octanol–water partition coefficient (Wildman–Crippen LogP) is 2.58. The van der Waals surface area contributed by atoms with Crippen LogP contribution in [0.25, 0.3) is 0 Å². The van der Waals surface area contributed by atoms with Gasteiger partial charge in [0.1, 0.15) is 10.8 Å². The van der Waals surface area contributed by atoms with Crippen molar-refractivity contribution in [1.82, 2.24) is 5.32 Å². The maximum Gasteiger partial charge on any atom is 0.341 e. The van der Waals surface area contributed by atoms with Crippen LogP contribution in [-0.2, 0) is 27.6 Å². The number of hydrogen-bond donors (Lipinski definition) is 2. The summed E-state index contributed by atoms with van der Waals surface area (Å²) in [4.78, 5) is 25.3. The molecule has 0 saturated heterocycles. The van der Waals surface area contributed by atoms with Gasteiger partial charge in [0, 0.05) is 11.9 Å². The molecule has 1 amide bonds. The fraction of sp³-hybridized carbons (Fsp3) is 0.368. The van der Waals surface area contributed by atoms with Crippen LogP contribution in [-0.4, -0.2) is 41.6 Å². The van der Waals surface area contributed by atoms with E-state index in [0.717, 1.165) is 29.7 Å². The number of nitrogens with one attached hydrogen (secondary N) is 2. The third-order valence-electron chi connectivity index (χ3n) is 4.74.